The Kier molecular flexibility index (Phi) is 6.27. The topological polar surface area (TPSA) is 41.4 Å². The molecule has 0 unspecified atom stereocenters. The number of benzene rings is 2. The normalized spacial score (nSPS) is 10.9. The van der Waals surface area contributed by atoms with E-state index in [1.54, 1.807) is 6.21 Å². The number of rotatable bonds is 5. The van der Waals surface area contributed by atoms with Crippen molar-refractivity contribution in [1.29, 1.82) is 0 Å². The predicted octanol–water partition coefficient (Wildman–Crippen LogP) is 5.13. The summed E-state index contributed by atoms with van der Waals surface area (Å²) in [6.07, 6.45) is 3.79. The minimum atomic E-state index is 0.405. The first-order valence-electron chi connectivity index (χ1n) is 8.58. The average molecular weight is 397 g/mol. The second-order valence-electron chi connectivity index (χ2n) is 6.33. The molecule has 0 saturated heterocycles. The van der Waals surface area contributed by atoms with Gasteiger partial charge in [-0.3, -0.25) is 5.43 Å². The molecule has 6 heteroatoms. The fourth-order valence-corrected chi connectivity index (χ4v) is 2.92. The number of halogens is 1. The zero-order chi connectivity index (χ0) is 19.2. The summed E-state index contributed by atoms with van der Waals surface area (Å²) in [4.78, 5) is 0. The molecule has 0 spiro atoms. The SMILES string of the molecule is Cc1ccc(Cn2cccc2C=NNC(=S)Nc2ccc(C)c(Cl)c2)cc1. The van der Waals surface area contributed by atoms with Crippen molar-refractivity contribution in [1.82, 2.24) is 9.99 Å². The number of aromatic nitrogens is 1. The Labute approximate surface area is 169 Å². The molecule has 0 aliphatic heterocycles. The molecular weight excluding hydrogens is 376 g/mol. The maximum Gasteiger partial charge on any atom is 0.191 e. The average Bonchev–Trinajstić information content (AvgIpc) is 3.07. The molecule has 0 amide bonds. The van der Waals surface area contributed by atoms with Gasteiger partial charge in [0.1, 0.15) is 0 Å². The first-order chi connectivity index (χ1) is 13.0. The minimum Gasteiger partial charge on any atom is -0.342 e. The molecule has 0 aliphatic carbocycles. The number of aryl methyl sites for hydroxylation is 2. The van der Waals surface area contributed by atoms with Crippen LogP contribution in [0, 0.1) is 13.8 Å². The van der Waals surface area contributed by atoms with Gasteiger partial charge in [0, 0.05) is 23.5 Å². The Balaban J connectivity index is 1.58. The summed E-state index contributed by atoms with van der Waals surface area (Å²) in [6.45, 7) is 4.84. The Morgan fingerprint density at radius 1 is 1.15 bits per heavy atom. The minimum absolute atomic E-state index is 0.405. The predicted molar refractivity (Wildman–Crippen MR) is 118 cm³/mol. The van der Waals surface area contributed by atoms with E-state index < -0.39 is 0 Å². The van der Waals surface area contributed by atoms with Gasteiger partial charge in [-0.05, 0) is 61.5 Å². The maximum atomic E-state index is 6.13. The standard InChI is InChI=1S/C21H21ClN4S/c1-15-5-8-17(9-6-15)14-26-11-3-4-19(26)13-23-25-21(27)24-18-10-7-16(2)20(22)12-18/h3-13H,14H2,1-2H3,(H2,24,25,27). The van der Waals surface area contributed by atoms with Gasteiger partial charge in [0.25, 0.3) is 0 Å². The van der Waals surface area contributed by atoms with E-state index in [2.05, 4.69) is 51.6 Å². The summed E-state index contributed by atoms with van der Waals surface area (Å²) in [6, 6.07) is 18.2. The van der Waals surface area contributed by atoms with Crippen LogP contribution in [0.2, 0.25) is 5.02 Å². The third-order valence-electron chi connectivity index (χ3n) is 4.13. The van der Waals surface area contributed by atoms with E-state index in [1.165, 1.54) is 11.1 Å². The van der Waals surface area contributed by atoms with Crippen molar-refractivity contribution < 1.29 is 0 Å². The molecule has 0 saturated carbocycles. The Morgan fingerprint density at radius 2 is 1.93 bits per heavy atom. The smallest absolute Gasteiger partial charge is 0.191 e. The first kappa shape index (κ1) is 19.1. The molecule has 0 fully saturated rings. The fourth-order valence-electron chi connectivity index (χ4n) is 2.57. The number of hydrogen-bond donors (Lipinski definition) is 2. The van der Waals surface area contributed by atoms with Crippen LogP contribution in [0.5, 0.6) is 0 Å². The second kappa shape index (κ2) is 8.84. The zero-order valence-electron chi connectivity index (χ0n) is 15.2. The quantitative estimate of drug-likeness (QED) is 0.357. The van der Waals surface area contributed by atoms with Gasteiger partial charge in [0.15, 0.2) is 5.11 Å². The van der Waals surface area contributed by atoms with Crippen molar-refractivity contribution in [3.8, 4) is 0 Å². The van der Waals surface area contributed by atoms with Gasteiger partial charge < -0.3 is 9.88 Å². The van der Waals surface area contributed by atoms with Crippen LogP contribution in [0.15, 0.2) is 65.9 Å². The van der Waals surface area contributed by atoms with Crippen molar-refractivity contribution in [2.75, 3.05) is 5.32 Å². The van der Waals surface area contributed by atoms with Crippen LogP contribution in [-0.4, -0.2) is 15.9 Å². The Morgan fingerprint density at radius 3 is 2.67 bits per heavy atom. The molecule has 1 heterocycles. The van der Waals surface area contributed by atoms with Gasteiger partial charge in [-0.25, -0.2) is 0 Å². The summed E-state index contributed by atoms with van der Waals surface area (Å²) in [5.74, 6) is 0. The molecule has 0 bridgehead atoms. The lowest BCUT2D eigenvalue weighted by atomic mass is 10.1. The summed E-state index contributed by atoms with van der Waals surface area (Å²) in [7, 11) is 0. The number of hydrazone groups is 1. The molecule has 0 radical (unpaired) electrons. The Bertz CT molecular complexity index is 961. The van der Waals surface area contributed by atoms with Gasteiger partial charge >= 0.3 is 0 Å². The highest BCUT2D eigenvalue weighted by Gasteiger charge is 2.02. The largest absolute Gasteiger partial charge is 0.342 e. The van der Waals surface area contributed by atoms with Gasteiger partial charge in [-0.2, -0.15) is 5.10 Å². The number of anilines is 1. The van der Waals surface area contributed by atoms with Crippen molar-refractivity contribution in [3.05, 3.63) is 88.2 Å². The van der Waals surface area contributed by atoms with E-state index >= 15 is 0 Å². The van der Waals surface area contributed by atoms with E-state index in [0.717, 1.165) is 23.5 Å². The molecule has 2 N–H and O–H groups in total. The first-order valence-corrected chi connectivity index (χ1v) is 9.37. The van der Waals surface area contributed by atoms with Crippen molar-refractivity contribution in [2.24, 2.45) is 5.10 Å². The molecule has 2 aromatic carbocycles. The van der Waals surface area contributed by atoms with Crippen molar-refractivity contribution in [2.45, 2.75) is 20.4 Å². The lowest BCUT2D eigenvalue weighted by Gasteiger charge is -2.09. The lowest BCUT2D eigenvalue weighted by Crippen LogP contribution is -2.24. The molecule has 0 atom stereocenters. The molecule has 0 aliphatic rings. The third kappa shape index (κ3) is 5.42. The number of hydrogen-bond acceptors (Lipinski definition) is 2. The van der Waals surface area contributed by atoms with Crippen LogP contribution in [0.3, 0.4) is 0 Å². The Hall–Kier alpha value is -2.63. The molecule has 4 nitrogen and oxygen atoms in total. The molecule has 27 heavy (non-hydrogen) atoms. The summed E-state index contributed by atoms with van der Waals surface area (Å²) in [5, 5.41) is 8.40. The number of nitrogens with one attached hydrogen (secondary N) is 2. The summed E-state index contributed by atoms with van der Waals surface area (Å²) in [5.41, 5.74) is 8.17. The number of thiocarbonyl (C=S) groups is 1. The number of nitrogens with zero attached hydrogens (tertiary/aromatic N) is 2. The van der Waals surface area contributed by atoms with Crippen molar-refractivity contribution in [3.63, 3.8) is 0 Å². The summed E-state index contributed by atoms with van der Waals surface area (Å²) < 4.78 is 2.13. The van der Waals surface area contributed by atoms with Crippen LogP contribution < -0.4 is 10.7 Å². The molecule has 3 rings (SSSR count). The molecule has 3 aromatic rings. The van der Waals surface area contributed by atoms with Crippen molar-refractivity contribution >= 4 is 40.8 Å². The second-order valence-corrected chi connectivity index (χ2v) is 7.15. The monoisotopic (exact) mass is 396 g/mol. The van der Waals surface area contributed by atoms with Crippen LogP contribution in [0.4, 0.5) is 5.69 Å². The summed E-state index contributed by atoms with van der Waals surface area (Å²) >= 11 is 11.4. The van der Waals surface area contributed by atoms with Crippen LogP contribution >= 0.6 is 23.8 Å². The highest BCUT2D eigenvalue weighted by atomic mass is 35.5. The lowest BCUT2D eigenvalue weighted by molar-refractivity contribution is 0.798. The van der Waals surface area contributed by atoms with E-state index in [9.17, 15) is 0 Å². The third-order valence-corrected chi connectivity index (χ3v) is 4.73. The highest BCUT2D eigenvalue weighted by Crippen LogP contribution is 2.19. The van der Waals surface area contributed by atoms with Gasteiger partial charge in [-0.1, -0.05) is 47.5 Å². The van der Waals surface area contributed by atoms with Gasteiger partial charge in [0.05, 0.1) is 11.9 Å². The molecular formula is C21H21ClN4S. The highest BCUT2D eigenvalue weighted by molar-refractivity contribution is 7.80. The molecule has 138 valence electrons. The van der Waals surface area contributed by atoms with Crippen LogP contribution in [0.25, 0.3) is 0 Å². The van der Waals surface area contributed by atoms with E-state index in [-0.39, 0.29) is 0 Å². The maximum absolute atomic E-state index is 6.13. The van der Waals surface area contributed by atoms with Crippen LogP contribution in [-0.2, 0) is 6.54 Å². The molecule has 1 aromatic heterocycles. The van der Waals surface area contributed by atoms with Crippen LogP contribution in [0.1, 0.15) is 22.4 Å². The van der Waals surface area contributed by atoms with E-state index in [4.69, 9.17) is 23.8 Å². The van der Waals surface area contributed by atoms with E-state index in [1.807, 2.05) is 43.5 Å². The van der Waals surface area contributed by atoms with E-state index in [0.29, 0.717) is 10.1 Å². The van der Waals surface area contributed by atoms with Gasteiger partial charge in [-0.15, -0.1) is 0 Å². The fraction of sp³-hybridized carbons (Fsp3) is 0.143. The van der Waals surface area contributed by atoms with Gasteiger partial charge in [0.2, 0.25) is 0 Å². The zero-order valence-corrected chi connectivity index (χ0v) is 16.8.